The molecular weight excluding hydrogens is 134 g/mol. The summed E-state index contributed by atoms with van der Waals surface area (Å²) in [5.41, 5.74) is 10.1. The molecule has 0 aliphatic rings. The lowest BCUT2D eigenvalue weighted by Gasteiger charge is -2.03. The van der Waals surface area contributed by atoms with Crippen molar-refractivity contribution in [2.24, 2.45) is 11.5 Å². The smallest absolute Gasteiger partial charge is 0.320 e. The van der Waals surface area contributed by atoms with E-state index in [1.54, 1.807) is 0 Å². The number of carbonyl (C=O) groups is 1. The standard InChI is InChI=1S/C6H14N2O2/c7-4-2-1-3-5(8)6(9)10/h5H,1-4,7-8H2,(H,9,10)/i4+1D2,5+1D. The van der Waals surface area contributed by atoms with Crippen LogP contribution in [0.15, 0.2) is 0 Å². The van der Waals surface area contributed by atoms with Gasteiger partial charge in [-0.15, -0.1) is 0 Å². The highest BCUT2D eigenvalue weighted by Gasteiger charge is 2.09. The molecule has 0 aliphatic heterocycles. The second-order valence-electron chi connectivity index (χ2n) is 1.89. The molecule has 0 aliphatic carbocycles. The Balaban J connectivity index is 3.84. The Morgan fingerprint density at radius 2 is 2.40 bits per heavy atom. The molecule has 4 nitrogen and oxygen atoms in total. The molecule has 0 spiro atoms. The molecular formula is C6H14N2O2. The van der Waals surface area contributed by atoms with Gasteiger partial charge in [0.25, 0.3) is 0 Å². The fourth-order valence-corrected chi connectivity index (χ4v) is 0.488. The number of rotatable bonds is 5. The van der Waals surface area contributed by atoms with Crippen molar-refractivity contribution in [3.63, 3.8) is 0 Å². The first-order valence-corrected chi connectivity index (χ1v) is 2.96. The number of carboxylic acids is 1. The van der Waals surface area contributed by atoms with Gasteiger partial charge in [0, 0.05) is 2.74 Å². The van der Waals surface area contributed by atoms with E-state index in [0.29, 0.717) is 0 Å². The third kappa shape index (κ3) is 4.29. The summed E-state index contributed by atoms with van der Waals surface area (Å²) in [6, 6.07) is -2.04. The van der Waals surface area contributed by atoms with Crippen molar-refractivity contribution in [1.82, 2.24) is 0 Å². The molecule has 0 fully saturated rings. The van der Waals surface area contributed by atoms with Gasteiger partial charge >= 0.3 is 5.97 Å². The predicted octanol–water partition coefficient (Wildman–Crippen LogP) is -0.473. The number of hydrogen-bond donors (Lipinski definition) is 3. The molecule has 0 rings (SSSR count). The zero-order chi connectivity index (χ0) is 10.7. The van der Waals surface area contributed by atoms with Crippen molar-refractivity contribution in [2.75, 3.05) is 6.50 Å². The van der Waals surface area contributed by atoms with Crippen LogP contribution >= 0.6 is 0 Å². The molecule has 0 amide bonds. The highest BCUT2D eigenvalue weighted by molar-refractivity contribution is 5.72. The van der Waals surface area contributed by atoms with Gasteiger partial charge in [0.05, 0.1) is 1.37 Å². The third-order valence-corrected chi connectivity index (χ3v) is 1.04. The topological polar surface area (TPSA) is 89.3 Å². The quantitative estimate of drug-likeness (QED) is 0.463. The van der Waals surface area contributed by atoms with E-state index in [4.69, 9.17) is 20.7 Å². The SMILES string of the molecule is [2H][13C]([2H])(N)CCC[13C]([2H])(N)C(=O)O. The molecule has 4 heteroatoms. The largest absolute Gasteiger partial charge is 0.480 e. The zero-order valence-electron chi connectivity index (χ0n) is 8.63. The monoisotopic (exact) mass is 151 g/mol. The first kappa shape index (κ1) is 5.09. The Morgan fingerprint density at radius 1 is 1.80 bits per heavy atom. The van der Waals surface area contributed by atoms with Crippen molar-refractivity contribution < 1.29 is 14.0 Å². The average molecular weight is 151 g/mol. The summed E-state index contributed by atoms with van der Waals surface area (Å²) in [6.07, 6.45) is 0.0625. The molecule has 0 heterocycles. The van der Waals surface area contributed by atoms with Gasteiger partial charge in [-0.25, -0.2) is 0 Å². The van der Waals surface area contributed by atoms with Gasteiger partial charge in [0.15, 0.2) is 0 Å². The summed E-state index contributed by atoms with van der Waals surface area (Å²) in [7, 11) is 0. The molecule has 0 aromatic rings. The molecule has 60 valence electrons. The molecule has 0 aromatic carbocycles. The number of nitrogens with two attached hydrogens (primary N) is 2. The fourth-order valence-electron chi connectivity index (χ4n) is 0.488. The normalized spacial score (nSPS) is 22.0. The number of aliphatic carboxylic acids is 1. The molecule has 0 radical (unpaired) electrons. The van der Waals surface area contributed by atoms with E-state index >= 15 is 0 Å². The van der Waals surface area contributed by atoms with E-state index in [1.165, 1.54) is 0 Å². The minimum absolute atomic E-state index is 0.00188. The van der Waals surface area contributed by atoms with E-state index in [1.807, 2.05) is 0 Å². The second kappa shape index (κ2) is 5.20. The van der Waals surface area contributed by atoms with Crippen molar-refractivity contribution in [2.45, 2.75) is 25.3 Å². The Hall–Kier alpha value is -0.610. The van der Waals surface area contributed by atoms with Crippen molar-refractivity contribution in [1.29, 1.82) is 0 Å². The Morgan fingerprint density at radius 3 is 2.80 bits per heavy atom. The lowest BCUT2D eigenvalue weighted by molar-refractivity contribution is -0.138. The maximum atomic E-state index is 10.3. The fraction of sp³-hybridized carbons (Fsp3) is 0.833. The van der Waals surface area contributed by atoms with Gasteiger partial charge in [-0.1, -0.05) is 6.42 Å². The van der Waals surface area contributed by atoms with Crippen LogP contribution in [0.3, 0.4) is 0 Å². The van der Waals surface area contributed by atoms with Crippen LogP contribution in [0.5, 0.6) is 0 Å². The minimum Gasteiger partial charge on any atom is -0.480 e. The van der Waals surface area contributed by atoms with Gasteiger partial charge in [-0.05, 0) is 19.3 Å². The van der Waals surface area contributed by atoms with Gasteiger partial charge < -0.3 is 16.6 Å². The van der Waals surface area contributed by atoms with Crippen molar-refractivity contribution in [3.8, 4) is 0 Å². The molecule has 0 saturated heterocycles. The van der Waals surface area contributed by atoms with Crippen LogP contribution < -0.4 is 11.5 Å². The Labute approximate surface area is 64.4 Å². The molecule has 0 bridgehead atoms. The van der Waals surface area contributed by atoms with Crippen LogP contribution in [0.1, 0.15) is 23.4 Å². The minimum atomic E-state index is -2.04. The summed E-state index contributed by atoms with van der Waals surface area (Å²) in [5.74, 6) is -1.41. The van der Waals surface area contributed by atoms with E-state index in [9.17, 15) is 4.79 Å². The lowest BCUT2D eigenvalue weighted by atomic mass is 10.3. The molecule has 10 heavy (non-hydrogen) atoms. The van der Waals surface area contributed by atoms with Crippen molar-refractivity contribution in [3.05, 3.63) is 0 Å². The van der Waals surface area contributed by atoms with Gasteiger partial charge in [-0.2, -0.15) is 0 Å². The number of hydrogen-bond acceptors (Lipinski definition) is 3. The van der Waals surface area contributed by atoms with E-state index in [-0.39, 0.29) is 19.3 Å². The Bertz CT molecular complexity index is 191. The van der Waals surface area contributed by atoms with E-state index < -0.39 is 18.5 Å². The first-order chi connectivity index (χ1) is 5.65. The van der Waals surface area contributed by atoms with Crippen LogP contribution in [0.4, 0.5) is 0 Å². The second-order valence-corrected chi connectivity index (χ2v) is 1.89. The maximum Gasteiger partial charge on any atom is 0.320 e. The number of carboxylic acid groups (broad SMARTS) is 1. The van der Waals surface area contributed by atoms with Gasteiger partial charge in [0.2, 0.25) is 0 Å². The third-order valence-electron chi connectivity index (χ3n) is 1.04. The Kier molecular flexibility index (Phi) is 2.65. The van der Waals surface area contributed by atoms with E-state index in [2.05, 4.69) is 0 Å². The highest BCUT2D eigenvalue weighted by Crippen LogP contribution is 1.96. The molecule has 0 saturated carbocycles. The highest BCUT2D eigenvalue weighted by atomic mass is 16.4. The summed E-state index contributed by atoms with van der Waals surface area (Å²) in [5, 5.41) is 8.43. The molecule has 5 N–H and O–H groups in total. The molecule has 1 atom stereocenters. The summed E-state index contributed by atoms with van der Waals surface area (Å²) < 4.78 is 21.0. The van der Waals surface area contributed by atoms with Crippen LogP contribution in [-0.2, 0) is 4.79 Å². The van der Waals surface area contributed by atoms with Gasteiger partial charge in [0.1, 0.15) is 6.02 Å². The van der Waals surface area contributed by atoms with Gasteiger partial charge in [-0.3, -0.25) is 4.79 Å². The van der Waals surface area contributed by atoms with E-state index in [0.717, 1.165) is 0 Å². The van der Waals surface area contributed by atoms with Crippen LogP contribution in [0.2, 0.25) is 0 Å². The van der Waals surface area contributed by atoms with Crippen molar-refractivity contribution >= 4 is 5.97 Å². The maximum absolute atomic E-state index is 10.3. The van der Waals surface area contributed by atoms with Crippen LogP contribution in [0, 0.1) is 0 Å². The lowest BCUT2D eigenvalue weighted by Crippen LogP contribution is -2.29. The molecule has 0 aromatic heterocycles. The summed E-state index contributed by atoms with van der Waals surface area (Å²) in [6.45, 7) is -1.82. The summed E-state index contributed by atoms with van der Waals surface area (Å²) in [4.78, 5) is 10.3. The van der Waals surface area contributed by atoms with Crippen LogP contribution in [0.25, 0.3) is 0 Å². The first-order valence-electron chi connectivity index (χ1n) is 4.46. The predicted molar refractivity (Wildman–Crippen MR) is 38.5 cm³/mol. The summed E-state index contributed by atoms with van der Waals surface area (Å²) >= 11 is 0. The zero-order valence-corrected chi connectivity index (χ0v) is 5.63. The molecule has 1 unspecified atom stereocenters. The van der Waals surface area contributed by atoms with Crippen LogP contribution in [-0.4, -0.2) is 23.6 Å². The average Bonchev–Trinajstić information content (AvgIpc) is 1.82.